The number of thiazole rings is 1. The highest BCUT2D eigenvalue weighted by molar-refractivity contribution is 7.84. The molecule has 0 spiro atoms. The Morgan fingerprint density at radius 3 is 2.35 bits per heavy atom. The van der Waals surface area contributed by atoms with Gasteiger partial charge in [-0.05, 0) is 0 Å². The highest BCUT2D eigenvalue weighted by Crippen LogP contribution is 2.33. The van der Waals surface area contributed by atoms with E-state index in [4.69, 9.17) is 0 Å². The van der Waals surface area contributed by atoms with Crippen LogP contribution < -0.4 is 4.57 Å². The molecule has 0 saturated carbocycles. The second-order valence-electron chi connectivity index (χ2n) is 3.82. The van der Waals surface area contributed by atoms with Crippen LogP contribution in [0.5, 0.6) is 0 Å². The minimum atomic E-state index is -4.50. The van der Waals surface area contributed by atoms with Crippen molar-refractivity contribution in [2.75, 3.05) is 0 Å². The van der Waals surface area contributed by atoms with E-state index in [2.05, 4.69) is 4.98 Å². The summed E-state index contributed by atoms with van der Waals surface area (Å²) in [5, 5.41) is 1.06. The second-order valence-corrected chi connectivity index (χ2v) is 6.06. The summed E-state index contributed by atoms with van der Waals surface area (Å²) in [7, 11) is -4.42. The van der Waals surface area contributed by atoms with E-state index in [-0.39, 0.29) is 5.01 Å². The number of nitrogens with zero attached hydrogens (tertiary/aromatic N) is 2. The Bertz CT molecular complexity index is 708. The lowest BCUT2D eigenvalue weighted by molar-refractivity contribution is -0.678. The van der Waals surface area contributed by atoms with Crippen LogP contribution in [0, 0.1) is 0 Å². The topological polar surface area (TPSA) is 74.0 Å². The molecule has 0 amide bonds. The average molecular weight is 324 g/mol. The largest absolute Gasteiger partial charge is 0.743 e. The molecule has 5 nitrogen and oxygen atoms in total. The third-order valence-electron chi connectivity index (χ3n) is 2.24. The van der Waals surface area contributed by atoms with E-state index in [1.165, 1.54) is 24.5 Å². The Balaban J connectivity index is 2.24. The van der Waals surface area contributed by atoms with Crippen LogP contribution in [0.1, 0.15) is 5.69 Å². The van der Waals surface area contributed by atoms with Crippen molar-refractivity contribution >= 4 is 21.5 Å². The first-order valence-corrected chi connectivity index (χ1v) is 7.56. The standard InChI is InChI=1S/C10H7F3N2O3S2/c11-10(12,13)8-5-19-9(14-8)7-1-3-15(4-2-7)6-20(16,17)18/h1-5H,6H2. The molecule has 0 radical (unpaired) electrons. The zero-order valence-corrected chi connectivity index (χ0v) is 11.3. The molecule has 2 rings (SSSR count). The minimum Gasteiger partial charge on any atom is -0.743 e. The molecule has 0 N–H and O–H groups in total. The fourth-order valence-electron chi connectivity index (χ4n) is 1.41. The number of alkyl halides is 3. The molecule has 0 unspecified atom stereocenters. The van der Waals surface area contributed by atoms with Crippen LogP contribution >= 0.6 is 11.3 Å². The molecule has 0 aromatic carbocycles. The van der Waals surface area contributed by atoms with Crippen molar-refractivity contribution in [1.29, 1.82) is 0 Å². The molecule has 108 valence electrons. The molecule has 20 heavy (non-hydrogen) atoms. The lowest BCUT2D eigenvalue weighted by Crippen LogP contribution is -2.36. The Hall–Kier alpha value is -1.52. The molecule has 0 fully saturated rings. The number of halogens is 3. The van der Waals surface area contributed by atoms with Gasteiger partial charge in [0.05, 0.1) is 0 Å². The van der Waals surface area contributed by atoms with E-state index in [0.29, 0.717) is 5.56 Å². The summed E-state index contributed by atoms with van der Waals surface area (Å²) in [4.78, 5) is 3.46. The van der Waals surface area contributed by atoms with Gasteiger partial charge >= 0.3 is 6.18 Å². The highest BCUT2D eigenvalue weighted by atomic mass is 32.2. The van der Waals surface area contributed by atoms with Gasteiger partial charge in [0.1, 0.15) is 5.01 Å². The van der Waals surface area contributed by atoms with Crippen molar-refractivity contribution in [3.63, 3.8) is 0 Å². The Morgan fingerprint density at radius 1 is 1.30 bits per heavy atom. The number of aromatic nitrogens is 2. The van der Waals surface area contributed by atoms with Crippen molar-refractivity contribution < 1.29 is 30.7 Å². The van der Waals surface area contributed by atoms with Gasteiger partial charge in [0.25, 0.3) is 0 Å². The lowest BCUT2D eigenvalue weighted by atomic mass is 10.3. The SMILES string of the molecule is O=S(=O)([O-])C[n+]1ccc(-c2nc(C(F)(F)F)cs2)cc1. The van der Waals surface area contributed by atoms with Crippen LogP contribution in [0.3, 0.4) is 0 Å². The number of rotatable bonds is 3. The van der Waals surface area contributed by atoms with Gasteiger partial charge in [-0.1, -0.05) is 0 Å². The van der Waals surface area contributed by atoms with Crippen LogP contribution in [0.15, 0.2) is 29.9 Å². The molecule has 0 aliphatic rings. The molecule has 2 aromatic heterocycles. The maximum Gasteiger partial charge on any atom is 0.434 e. The molecule has 10 heteroatoms. The van der Waals surface area contributed by atoms with Crippen molar-refractivity contribution in [3.05, 3.63) is 35.6 Å². The van der Waals surface area contributed by atoms with Gasteiger partial charge in [-0.3, -0.25) is 0 Å². The molecular formula is C10H7F3N2O3S2. The molecule has 0 aliphatic heterocycles. The van der Waals surface area contributed by atoms with Gasteiger partial charge in [-0.25, -0.2) is 13.4 Å². The smallest absolute Gasteiger partial charge is 0.434 e. The van der Waals surface area contributed by atoms with E-state index in [9.17, 15) is 26.1 Å². The van der Waals surface area contributed by atoms with E-state index < -0.39 is 27.9 Å². The normalized spacial score (nSPS) is 12.6. The summed E-state index contributed by atoms with van der Waals surface area (Å²) >= 11 is 0.828. The molecule has 0 bridgehead atoms. The number of hydrogen-bond acceptors (Lipinski definition) is 5. The van der Waals surface area contributed by atoms with Crippen molar-refractivity contribution in [1.82, 2.24) is 4.98 Å². The van der Waals surface area contributed by atoms with Gasteiger partial charge in [-0.2, -0.15) is 17.7 Å². The van der Waals surface area contributed by atoms with Gasteiger partial charge in [-0.15, -0.1) is 11.3 Å². The van der Waals surface area contributed by atoms with Crippen LogP contribution in [-0.4, -0.2) is 18.0 Å². The van der Waals surface area contributed by atoms with Gasteiger partial charge in [0.15, 0.2) is 28.2 Å². The first kappa shape index (κ1) is 14.9. The minimum absolute atomic E-state index is 0.162. The third kappa shape index (κ3) is 3.74. The van der Waals surface area contributed by atoms with Crippen molar-refractivity contribution in [3.8, 4) is 10.6 Å². The summed E-state index contributed by atoms with van der Waals surface area (Å²) in [6.45, 7) is 0. The highest BCUT2D eigenvalue weighted by Gasteiger charge is 2.33. The monoisotopic (exact) mass is 324 g/mol. The summed E-state index contributed by atoms with van der Waals surface area (Å²) < 4.78 is 70.0. The van der Waals surface area contributed by atoms with E-state index >= 15 is 0 Å². The molecule has 0 atom stereocenters. The zero-order valence-electron chi connectivity index (χ0n) is 9.66. The summed E-state index contributed by atoms with van der Waals surface area (Å²) in [5.74, 6) is -0.737. The fourth-order valence-corrected chi connectivity index (χ4v) is 2.78. The van der Waals surface area contributed by atoms with Crippen LogP contribution in [-0.2, 0) is 22.2 Å². The molecule has 2 heterocycles. The predicted molar refractivity (Wildman–Crippen MR) is 62.4 cm³/mol. The predicted octanol–water partition coefficient (Wildman–Crippen LogP) is 1.62. The second kappa shape index (κ2) is 5.11. The Kier molecular flexibility index (Phi) is 3.80. The van der Waals surface area contributed by atoms with Gasteiger partial charge < -0.3 is 4.55 Å². The maximum absolute atomic E-state index is 12.4. The summed E-state index contributed by atoms with van der Waals surface area (Å²) in [5.41, 5.74) is -0.568. The van der Waals surface area contributed by atoms with E-state index in [0.717, 1.165) is 21.3 Å². The van der Waals surface area contributed by atoms with E-state index in [1.54, 1.807) is 0 Å². The maximum atomic E-state index is 12.4. The quantitative estimate of drug-likeness (QED) is 0.635. The van der Waals surface area contributed by atoms with E-state index in [1.807, 2.05) is 0 Å². The molecule has 0 aliphatic carbocycles. The fraction of sp³-hybridized carbons (Fsp3) is 0.200. The molecule has 2 aromatic rings. The summed E-state index contributed by atoms with van der Waals surface area (Å²) in [6.07, 6.45) is -1.92. The third-order valence-corrected chi connectivity index (χ3v) is 3.75. The average Bonchev–Trinajstić information content (AvgIpc) is 2.76. The van der Waals surface area contributed by atoms with Crippen molar-refractivity contribution in [2.45, 2.75) is 12.1 Å². The van der Waals surface area contributed by atoms with Crippen LogP contribution in [0.25, 0.3) is 10.6 Å². The first-order valence-electron chi connectivity index (χ1n) is 5.11. The lowest BCUT2D eigenvalue weighted by Gasteiger charge is -2.02. The van der Waals surface area contributed by atoms with Crippen LogP contribution in [0.4, 0.5) is 13.2 Å². The molecular weight excluding hydrogens is 317 g/mol. The number of pyridine rings is 1. The molecule has 0 saturated heterocycles. The Labute approximate surface area is 116 Å². The summed E-state index contributed by atoms with van der Waals surface area (Å²) in [6, 6.07) is 2.79. The zero-order chi connectivity index (χ0) is 15.0. The van der Waals surface area contributed by atoms with Gasteiger partial charge in [0, 0.05) is 23.1 Å². The first-order chi connectivity index (χ1) is 9.15. The number of hydrogen-bond donors (Lipinski definition) is 0. The van der Waals surface area contributed by atoms with Crippen LogP contribution in [0.2, 0.25) is 0 Å². The van der Waals surface area contributed by atoms with Crippen molar-refractivity contribution in [2.24, 2.45) is 0 Å². The van der Waals surface area contributed by atoms with Gasteiger partial charge in [0.2, 0.25) is 5.88 Å². The Morgan fingerprint density at radius 2 is 1.90 bits per heavy atom.